The van der Waals surface area contributed by atoms with Crippen molar-refractivity contribution in [2.24, 2.45) is 4.90 Å². The fourth-order valence-electron chi connectivity index (χ4n) is 0. The first-order chi connectivity index (χ1) is 1.91. The van der Waals surface area contributed by atoms with E-state index in [2.05, 4.69) is 21.8 Å². The summed E-state index contributed by atoms with van der Waals surface area (Å²) in [6.07, 6.45) is 0.639. The van der Waals surface area contributed by atoms with Gasteiger partial charge in [-0.25, -0.2) is 0 Å². The van der Waals surface area contributed by atoms with Crippen LogP contribution in [-0.4, -0.2) is 13.9 Å². The molecule has 0 saturated heterocycles. The molecule has 0 spiro atoms. The zero-order valence-electron chi connectivity index (χ0n) is 2.31. The summed E-state index contributed by atoms with van der Waals surface area (Å²) >= 11 is 0. The molecule has 21 valence electrons. The van der Waals surface area contributed by atoms with Crippen molar-refractivity contribution in [1.29, 1.82) is 0 Å². The van der Waals surface area contributed by atoms with Gasteiger partial charge in [-0.1, -0.05) is 0 Å². The quantitative estimate of drug-likeness (QED) is 0.309. The standard InChI is InChI=1S/CH4BNP/c2-3-1-4/h1,4H2. The van der Waals surface area contributed by atoms with Gasteiger partial charge in [0.25, 0.3) is 0 Å². The van der Waals surface area contributed by atoms with Gasteiger partial charge in [-0.05, 0) is 0 Å². The number of hydrogen-bond donors (Lipinski definition) is 0. The van der Waals surface area contributed by atoms with Crippen LogP contribution in [0.1, 0.15) is 0 Å². The Morgan fingerprint density at radius 1 is 2.00 bits per heavy atom. The molecule has 1 unspecified atom stereocenters. The first kappa shape index (κ1) is 4.29. The molecule has 0 aliphatic rings. The summed E-state index contributed by atoms with van der Waals surface area (Å²) < 4.78 is 0. The van der Waals surface area contributed by atoms with Crippen LogP contribution in [0.3, 0.4) is 0 Å². The van der Waals surface area contributed by atoms with Gasteiger partial charge in [-0.3, -0.25) is 0 Å². The van der Waals surface area contributed by atoms with Crippen LogP contribution in [-0.2, 0) is 0 Å². The second-order valence-corrected chi connectivity index (χ2v) is 0.730. The monoisotopic (exact) mass is 72.0 g/mol. The van der Waals surface area contributed by atoms with Crippen molar-refractivity contribution in [3.8, 4) is 0 Å². The van der Waals surface area contributed by atoms with Crippen LogP contribution in [0.25, 0.3) is 0 Å². The molecule has 0 heterocycles. The van der Waals surface area contributed by atoms with E-state index >= 15 is 0 Å². The molecule has 0 bridgehead atoms. The summed E-state index contributed by atoms with van der Waals surface area (Å²) in [6, 6.07) is 0. The molecule has 0 fully saturated rings. The Bertz CT molecular complexity index is 22.0. The Hall–Kier alpha value is 0.295. The van der Waals surface area contributed by atoms with E-state index in [1.807, 2.05) is 0 Å². The van der Waals surface area contributed by atoms with Crippen LogP contribution in [0.15, 0.2) is 4.90 Å². The van der Waals surface area contributed by atoms with Crippen molar-refractivity contribution in [2.45, 2.75) is 0 Å². The third-order valence-electron chi connectivity index (χ3n) is 0.105. The number of nitrogens with zero attached hydrogens (tertiary/aromatic N) is 1. The summed E-state index contributed by atoms with van der Waals surface area (Å²) in [5.74, 6) is 0. The van der Waals surface area contributed by atoms with E-state index in [0.29, 0.717) is 6.29 Å². The van der Waals surface area contributed by atoms with E-state index < -0.39 is 0 Å². The minimum absolute atomic E-state index is 0.639. The zero-order chi connectivity index (χ0) is 3.41. The van der Waals surface area contributed by atoms with Crippen molar-refractivity contribution in [1.82, 2.24) is 0 Å². The molecule has 0 aromatic carbocycles. The van der Waals surface area contributed by atoms with Crippen LogP contribution in [0.4, 0.5) is 0 Å². The molecular weight excluding hydrogens is 67.8 g/mol. The molecule has 1 nitrogen and oxygen atoms in total. The van der Waals surface area contributed by atoms with Crippen LogP contribution in [0.5, 0.6) is 0 Å². The van der Waals surface area contributed by atoms with Crippen LogP contribution < -0.4 is 0 Å². The molecule has 0 saturated carbocycles. The maximum absolute atomic E-state index is 4.63. The Labute approximate surface area is 29.1 Å². The molecule has 0 aromatic heterocycles. The summed E-state index contributed by atoms with van der Waals surface area (Å²) in [7, 11) is 7.00. The van der Waals surface area contributed by atoms with E-state index in [1.54, 1.807) is 0 Å². The van der Waals surface area contributed by atoms with Gasteiger partial charge < -0.3 is 0 Å². The molecule has 4 heavy (non-hydrogen) atoms. The Balaban J connectivity index is 2.30. The Morgan fingerprint density at radius 2 is 2.25 bits per heavy atom. The second-order valence-electron chi connectivity index (χ2n) is 0.365. The van der Waals surface area contributed by atoms with Gasteiger partial charge >= 0.3 is 28.1 Å². The summed E-state index contributed by atoms with van der Waals surface area (Å²) in [5, 5.41) is 0. The van der Waals surface area contributed by atoms with Gasteiger partial charge in [-0.2, -0.15) is 0 Å². The molecule has 0 N–H and O–H groups in total. The van der Waals surface area contributed by atoms with Crippen molar-refractivity contribution < 1.29 is 0 Å². The van der Waals surface area contributed by atoms with Gasteiger partial charge in [0.15, 0.2) is 0 Å². The Morgan fingerprint density at radius 3 is 2.25 bits per heavy atom. The van der Waals surface area contributed by atoms with E-state index in [4.69, 9.17) is 0 Å². The number of rotatable bonds is 1. The molecule has 1 atom stereocenters. The molecule has 0 amide bonds. The molecular formula is CH4BNP. The normalized spacial score (nSPS) is 6.00. The van der Waals surface area contributed by atoms with Crippen LogP contribution in [0, 0.1) is 0 Å². The third-order valence-corrected chi connectivity index (χ3v) is 0.316. The average Bonchev–Trinajstić information content (AvgIpc) is 1.37. The third kappa shape index (κ3) is 2.29. The number of hydrogen-bond acceptors (Lipinski definition) is 1. The summed E-state index contributed by atoms with van der Waals surface area (Å²) in [6.45, 7) is 0. The SMILES string of the molecule is [B]=NCP. The van der Waals surface area contributed by atoms with Crippen molar-refractivity contribution in [3.05, 3.63) is 0 Å². The van der Waals surface area contributed by atoms with Gasteiger partial charge in [0.1, 0.15) is 0 Å². The summed E-state index contributed by atoms with van der Waals surface area (Å²) in [4.78, 5) is 3.20. The van der Waals surface area contributed by atoms with Crippen LogP contribution >= 0.6 is 9.24 Å². The fraction of sp³-hybridized carbons (Fsp3) is 1.00. The van der Waals surface area contributed by atoms with Gasteiger partial charge in [-0.15, -0.1) is 0 Å². The van der Waals surface area contributed by atoms with Gasteiger partial charge in [0.2, 0.25) is 0 Å². The molecule has 3 heteroatoms. The first-order valence-electron chi connectivity index (χ1n) is 0.983. The predicted octanol–water partition coefficient (Wildman–Crippen LogP) is 0.171. The summed E-state index contributed by atoms with van der Waals surface area (Å²) in [5.41, 5.74) is 0. The molecule has 0 rings (SSSR count). The first-order valence-corrected chi connectivity index (χ1v) is 1.80. The minimum atomic E-state index is 0.639. The van der Waals surface area contributed by atoms with Crippen molar-refractivity contribution >= 4 is 16.9 Å². The van der Waals surface area contributed by atoms with E-state index in [1.165, 1.54) is 0 Å². The van der Waals surface area contributed by atoms with Gasteiger partial charge in [0.05, 0.1) is 0 Å². The molecule has 0 aliphatic heterocycles. The topological polar surface area (TPSA) is 12.4 Å². The van der Waals surface area contributed by atoms with E-state index in [-0.39, 0.29) is 0 Å². The molecule has 1 radical (unpaired) electrons. The fourth-order valence-corrected chi connectivity index (χ4v) is 0. The van der Waals surface area contributed by atoms with E-state index in [0.717, 1.165) is 0 Å². The second kappa shape index (κ2) is 3.29. The van der Waals surface area contributed by atoms with Crippen molar-refractivity contribution in [2.75, 3.05) is 6.29 Å². The maximum atomic E-state index is 4.63. The Kier molecular flexibility index (Phi) is 3.54. The average molecular weight is 71.8 g/mol. The zero-order valence-corrected chi connectivity index (χ0v) is 3.46. The van der Waals surface area contributed by atoms with Gasteiger partial charge in [0, 0.05) is 0 Å². The van der Waals surface area contributed by atoms with Crippen molar-refractivity contribution in [3.63, 3.8) is 0 Å². The predicted molar refractivity (Wildman–Crippen MR) is 22.8 cm³/mol. The van der Waals surface area contributed by atoms with E-state index in [9.17, 15) is 0 Å². The molecule has 0 aliphatic carbocycles. The molecule has 0 aromatic rings. The van der Waals surface area contributed by atoms with Crippen LogP contribution in [0.2, 0.25) is 0 Å².